The predicted molar refractivity (Wildman–Crippen MR) is 67.0 cm³/mol. The minimum absolute atomic E-state index is 0.580. The van der Waals surface area contributed by atoms with E-state index in [1.54, 1.807) is 13.3 Å². The zero-order valence-corrected chi connectivity index (χ0v) is 10.2. The van der Waals surface area contributed by atoms with Crippen LogP contribution >= 0.6 is 0 Å². The summed E-state index contributed by atoms with van der Waals surface area (Å²) < 4.78 is 6.96. The zero-order chi connectivity index (χ0) is 12.3. The molecule has 0 spiro atoms. The van der Waals surface area contributed by atoms with Gasteiger partial charge in [0.15, 0.2) is 5.75 Å². The van der Waals surface area contributed by atoms with Crippen LogP contribution in [0.5, 0.6) is 5.75 Å². The average molecular weight is 231 g/mol. The van der Waals surface area contributed by atoms with Crippen LogP contribution in [-0.2, 0) is 13.1 Å². The molecule has 1 aromatic carbocycles. The number of hydrogen-bond acceptors (Lipinski definition) is 3. The summed E-state index contributed by atoms with van der Waals surface area (Å²) in [5.74, 6) is 0.779. The number of aromatic nitrogens is 2. The van der Waals surface area contributed by atoms with E-state index >= 15 is 0 Å². The van der Waals surface area contributed by atoms with Gasteiger partial charge in [0.1, 0.15) is 0 Å². The van der Waals surface area contributed by atoms with Gasteiger partial charge in [-0.2, -0.15) is 5.10 Å². The number of nitrogens with zero attached hydrogens (tertiary/aromatic N) is 2. The summed E-state index contributed by atoms with van der Waals surface area (Å²) in [4.78, 5) is 0. The van der Waals surface area contributed by atoms with E-state index in [1.165, 1.54) is 11.1 Å². The van der Waals surface area contributed by atoms with Gasteiger partial charge < -0.3 is 10.5 Å². The van der Waals surface area contributed by atoms with Crippen LogP contribution in [0.15, 0.2) is 30.6 Å². The molecule has 0 saturated carbocycles. The maximum absolute atomic E-state index is 5.61. The number of nitrogens with two attached hydrogens (primary N) is 1. The predicted octanol–water partition coefficient (Wildman–Crippen LogP) is 1.71. The smallest absolute Gasteiger partial charge is 0.156 e. The molecule has 0 radical (unpaired) electrons. The van der Waals surface area contributed by atoms with Crippen molar-refractivity contribution >= 4 is 0 Å². The van der Waals surface area contributed by atoms with Gasteiger partial charge in [-0.15, -0.1) is 0 Å². The fraction of sp³-hybridized carbons (Fsp3) is 0.308. The molecule has 0 aliphatic heterocycles. The van der Waals surface area contributed by atoms with Crippen molar-refractivity contribution in [2.24, 2.45) is 5.73 Å². The lowest BCUT2D eigenvalue weighted by Crippen LogP contribution is -2.03. The molecular weight excluding hydrogens is 214 g/mol. The third kappa shape index (κ3) is 2.65. The topological polar surface area (TPSA) is 53.1 Å². The lowest BCUT2D eigenvalue weighted by molar-refractivity contribution is 0.414. The maximum Gasteiger partial charge on any atom is 0.156 e. The lowest BCUT2D eigenvalue weighted by Gasteiger charge is -2.07. The normalized spacial score (nSPS) is 10.5. The van der Waals surface area contributed by atoms with Crippen molar-refractivity contribution in [2.75, 3.05) is 7.11 Å². The number of aryl methyl sites for hydroxylation is 1. The second kappa shape index (κ2) is 5.01. The molecule has 90 valence electrons. The van der Waals surface area contributed by atoms with Gasteiger partial charge in [-0.25, -0.2) is 0 Å². The highest BCUT2D eigenvalue weighted by molar-refractivity contribution is 5.31. The van der Waals surface area contributed by atoms with Crippen LogP contribution in [0.2, 0.25) is 0 Å². The molecule has 0 unspecified atom stereocenters. The molecule has 0 atom stereocenters. The molecule has 0 aliphatic rings. The van der Waals surface area contributed by atoms with Gasteiger partial charge in [0.05, 0.1) is 26.0 Å². The molecule has 0 fully saturated rings. The van der Waals surface area contributed by atoms with E-state index in [1.807, 2.05) is 10.9 Å². The molecule has 17 heavy (non-hydrogen) atoms. The first-order valence-corrected chi connectivity index (χ1v) is 5.58. The Balaban J connectivity index is 2.18. The third-order valence-electron chi connectivity index (χ3n) is 2.82. The molecule has 1 heterocycles. The summed E-state index contributed by atoms with van der Waals surface area (Å²) >= 11 is 0. The number of methoxy groups -OCH3 is 1. The van der Waals surface area contributed by atoms with E-state index < -0.39 is 0 Å². The minimum Gasteiger partial charge on any atom is -0.493 e. The summed E-state index contributed by atoms with van der Waals surface area (Å²) in [7, 11) is 1.64. The van der Waals surface area contributed by atoms with Gasteiger partial charge in [-0.3, -0.25) is 4.68 Å². The zero-order valence-electron chi connectivity index (χ0n) is 10.2. The fourth-order valence-electron chi connectivity index (χ4n) is 1.77. The van der Waals surface area contributed by atoms with Crippen LogP contribution in [0.3, 0.4) is 0 Å². The maximum atomic E-state index is 5.61. The molecule has 2 N–H and O–H groups in total. The second-order valence-electron chi connectivity index (χ2n) is 4.04. The summed E-state index contributed by atoms with van der Waals surface area (Å²) in [5, 5.41) is 4.23. The Morgan fingerprint density at radius 1 is 1.41 bits per heavy atom. The number of benzene rings is 1. The largest absolute Gasteiger partial charge is 0.493 e. The van der Waals surface area contributed by atoms with Crippen molar-refractivity contribution < 1.29 is 4.74 Å². The van der Waals surface area contributed by atoms with Crippen LogP contribution in [-0.4, -0.2) is 16.9 Å². The first-order valence-electron chi connectivity index (χ1n) is 5.58. The standard InChI is InChI=1S/C13H17N3O/c1-10-5-11(6-14)3-4-12(10)8-16-9-13(17-2)7-15-16/h3-5,7,9H,6,8,14H2,1-2H3. The average Bonchev–Trinajstić information content (AvgIpc) is 2.79. The monoisotopic (exact) mass is 231 g/mol. The molecule has 4 heteroatoms. The highest BCUT2D eigenvalue weighted by atomic mass is 16.5. The molecule has 0 amide bonds. The van der Waals surface area contributed by atoms with E-state index in [0.29, 0.717) is 6.54 Å². The van der Waals surface area contributed by atoms with Crippen molar-refractivity contribution in [2.45, 2.75) is 20.0 Å². The Bertz CT molecular complexity index is 505. The molecule has 1 aromatic heterocycles. The van der Waals surface area contributed by atoms with Gasteiger partial charge in [0, 0.05) is 6.54 Å². The van der Waals surface area contributed by atoms with E-state index in [2.05, 4.69) is 30.2 Å². The van der Waals surface area contributed by atoms with Crippen LogP contribution < -0.4 is 10.5 Å². The van der Waals surface area contributed by atoms with E-state index in [-0.39, 0.29) is 0 Å². The Kier molecular flexibility index (Phi) is 3.44. The number of ether oxygens (including phenoxy) is 1. The third-order valence-corrected chi connectivity index (χ3v) is 2.82. The fourth-order valence-corrected chi connectivity index (χ4v) is 1.77. The Morgan fingerprint density at radius 3 is 2.82 bits per heavy atom. The van der Waals surface area contributed by atoms with Gasteiger partial charge in [-0.05, 0) is 23.6 Å². The van der Waals surface area contributed by atoms with Crippen molar-refractivity contribution in [3.63, 3.8) is 0 Å². The van der Waals surface area contributed by atoms with E-state index in [9.17, 15) is 0 Å². The molecular formula is C13H17N3O. The Morgan fingerprint density at radius 2 is 2.24 bits per heavy atom. The summed E-state index contributed by atoms with van der Waals surface area (Å²) in [6, 6.07) is 6.28. The van der Waals surface area contributed by atoms with Crippen LogP contribution in [0.1, 0.15) is 16.7 Å². The van der Waals surface area contributed by atoms with Crippen LogP contribution in [0.4, 0.5) is 0 Å². The van der Waals surface area contributed by atoms with Crippen molar-refractivity contribution in [1.82, 2.24) is 9.78 Å². The molecule has 2 aromatic rings. The highest BCUT2D eigenvalue weighted by Gasteiger charge is 2.03. The van der Waals surface area contributed by atoms with Crippen LogP contribution in [0, 0.1) is 6.92 Å². The van der Waals surface area contributed by atoms with Gasteiger partial charge in [-0.1, -0.05) is 18.2 Å². The van der Waals surface area contributed by atoms with Gasteiger partial charge >= 0.3 is 0 Å². The molecule has 0 saturated heterocycles. The molecule has 0 bridgehead atoms. The van der Waals surface area contributed by atoms with Crippen molar-refractivity contribution in [1.29, 1.82) is 0 Å². The SMILES string of the molecule is COc1cnn(Cc2ccc(CN)cc2C)c1. The highest BCUT2D eigenvalue weighted by Crippen LogP contribution is 2.14. The Labute approximate surface area is 101 Å². The van der Waals surface area contributed by atoms with E-state index in [0.717, 1.165) is 17.9 Å². The van der Waals surface area contributed by atoms with Crippen molar-refractivity contribution in [3.8, 4) is 5.75 Å². The summed E-state index contributed by atoms with van der Waals surface area (Å²) in [5.41, 5.74) is 9.25. The lowest BCUT2D eigenvalue weighted by atomic mass is 10.1. The first kappa shape index (κ1) is 11.7. The minimum atomic E-state index is 0.580. The van der Waals surface area contributed by atoms with Gasteiger partial charge in [0.25, 0.3) is 0 Å². The van der Waals surface area contributed by atoms with Crippen molar-refractivity contribution in [3.05, 3.63) is 47.3 Å². The first-order chi connectivity index (χ1) is 8.22. The second-order valence-corrected chi connectivity index (χ2v) is 4.04. The molecule has 4 nitrogen and oxygen atoms in total. The van der Waals surface area contributed by atoms with Crippen LogP contribution in [0.25, 0.3) is 0 Å². The summed E-state index contributed by atoms with van der Waals surface area (Å²) in [6.07, 6.45) is 3.60. The molecule has 2 rings (SSSR count). The Hall–Kier alpha value is -1.81. The number of rotatable bonds is 4. The summed E-state index contributed by atoms with van der Waals surface area (Å²) in [6.45, 7) is 3.42. The molecule has 0 aliphatic carbocycles. The van der Waals surface area contributed by atoms with E-state index in [4.69, 9.17) is 10.5 Å². The number of hydrogen-bond donors (Lipinski definition) is 1. The quantitative estimate of drug-likeness (QED) is 0.871. The van der Waals surface area contributed by atoms with Gasteiger partial charge in [0.2, 0.25) is 0 Å².